The largest absolute Gasteiger partial charge is 0.396 e. The Morgan fingerprint density at radius 1 is 1.16 bits per heavy atom. The lowest BCUT2D eigenvalue weighted by Gasteiger charge is -2.34. The minimum Gasteiger partial charge on any atom is -0.396 e. The number of carbonyl (C=O) groups is 3. The lowest BCUT2D eigenvalue weighted by molar-refractivity contribution is -0.121. The molecule has 3 amide bonds. The molecule has 1 saturated heterocycles. The van der Waals surface area contributed by atoms with E-state index in [1.165, 1.54) is 6.92 Å². The zero-order valence-corrected chi connectivity index (χ0v) is 18.4. The summed E-state index contributed by atoms with van der Waals surface area (Å²) in [6.45, 7) is 2.58. The number of aliphatic hydroxyl groups is 1. The van der Waals surface area contributed by atoms with Crippen molar-refractivity contribution in [3.05, 3.63) is 64.8 Å². The smallest absolute Gasteiger partial charge is 0.282 e. The van der Waals surface area contributed by atoms with Crippen LogP contribution in [-0.4, -0.2) is 47.4 Å². The second-order valence-electron chi connectivity index (χ2n) is 8.04. The standard InChI is InChI=1S/C24H24ClN3O4/c1-15(30)26-19-9-7-17(8-10-19)21-22(27-11-3-4-16(13-27)14-29)24(32)28(23(21)31)20-6-2-5-18(25)12-20/h2,5-10,12,16,29H,3-4,11,13-14H2,1H3,(H,26,30). The van der Waals surface area contributed by atoms with Gasteiger partial charge in [0.1, 0.15) is 5.70 Å². The van der Waals surface area contributed by atoms with E-state index in [-0.39, 0.29) is 18.4 Å². The normalized spacial score (nSPS) is 19.0. The van der Waals surface area contributed by atoms with Crippen molar-refractivity contribution in [2.24, 2.45) is 5.92 Å². The molecule has 4 rings (SSSR count). The second-order valence-corrected chi connectivity index (χ2v) is 8.48. The molecule has 1 atom stereocenters. The Morgan fingerprint density at radius 2 is 1.91 bits per heavy atom. The molecule has 0 aliphatic carbocycles. The van der Waals surface area contributed by atoms with Gasteiger partial charge in [-0.3, -0.25) is 14.4 Å². The summed E-state index contributed by atoms with van der Waals surface area (Å²) in [7, 11) is 0. The number of carbonyl (C=O) groups excluding carboxylic acids is 3. The van der Waals surface area contributed by atoms with E-state index in [1.807, 2.05) is 4.90 Å². The quantitative estimate of drug-likeness (QED) is 0.678. The molecule has 0 bridgehead atoms. The van der Waals surface area contributed by atoms with Crippen LogP contribution in [0.25, 0.3) is 5.57 Å². The van der Waals surface area contributed by atoms with Gasteiger partial charge in [0.25, 0.3) is 11.8 Å². The van der Waals surface area contributed by atoms with E-state index in [9.17, 15) is 19.5 Å². The molecular formula is C24H24ClN3O4. The highest BCUT2D eigenvalue weighted by Crippen LogP contribution is 2.37. The number of benzene rings is 2. The predicted octanol–water partition coefficient (Wildman–Crippen LogP) is 3.29. The molecule has 2 N–H and O–H groups in total. The van der Waals surface area contributed by atoms with Gasteiger partial charge in [0, 0.05) is 37.3 Å². The van der Waals surface area contributed by atoms with Crippen molar-refractivity contribution in [1.29, 1.82) is 0 Å². The van der Waals surface area contributed by atoms with Crippen molar-refractivity contribution in [1.82, 2.24) is 4.90 Å². The Kier molecular flexibility index (Phi) is 6.30. The predicted molar refractivity (Wildman–Crippen MR) is 123 cm³/mol. The molecule has 1 unspecified atom stereocenters. The summed E-state index contributed by atoms with van der Waals surface area (Å²) in [5.74, 6) is -0.981. The van der Waals surface area contributed by atoms with Crippen LogP contribution >= 0.6 is 11.6 Å². The number of amides is 3. The number of likely N-dealkylation sites (tertiary alicyclic amines) is 1. The molecule has 2 aromatic carbocycles. The van der Waals surface area contributed by atoms with Crippen LogP contribution in [0.15, 0.2) is 54.2 Å². The van der Waals surface area contributed by atoms with Crippen LogP contribution in [0.1, 0.15) is 25.3 Å². The third kappa shape index (κ3) is 4.26. The molecule has 2 heterocycles. The van der Waals surface area contributed by atoms with Crippen molar-refractivity contribution in [2.75, 3.05) is 29.9 Å². The highest BCUT2D eigenvalue weighted by molar-refractivity contribution is 6.45. The van der Waals surface area contributed by atoms with E-state index >= 15 is 0 Å². The van der Waals surface area contributed by atoms with Crippen LogP contribution < -0.4 is 10.2 Å². The SMILES string of the molecule is CC(=O)Nc1ccc(C2=C(N3CCCC(CO)C3)C(=O)N(c3cccc(Cl)c3)C2=O)cc1. The van der Waals surface area contributed by atoms with Gasteiger partial charge in [-0.05, 0) is 54.7 Å². The minimum absolute atomic E-state index is 0.0324. The van der Waals surface area contributed by atoms with E-state index < -0.39 is 11.8 Å². The monoisotopic (exact) mass is 453 g/mol. The Balaban J connectivity index is 1.78. The Bertz CT molecular complexity index is 1100. The first-order valence-electron chi connectivity index (χ1n) is 10.5. The summed E-state index contributed by atoms with van der Waals surface area (Å²) in [6, 6.07) is 13.5. The Morgan fingerprint density at radius 3 is 2.56 bits per heavy atom. The fourth-order valence-corrected chi connectivity index (χ4v) is 4.45. The molecule has 0 saturated carbocycles. The summed E-state index contributed by atoms with van der Waals surface area (Å²) >= 11 is 6.12. The zero-order chi connectivity index (χ0) is 22.8. The van der Waals surface area contributed by atoms with Crippen molar-refractivity contribution in [2.45, 2.75) is 19.8 Å². The van der Waals surface area contributed by atoms with Crippen LogP contribution in [-0.2, 0) is 14.4 Å². The molecule has 0 aromatic heterocycles. The molecule has 8 heteroatoms. The third-order valence-electron chi connectivity index (χ3n) is 5.71. The van der Waals surface area contributed by atoms with Crippen LogP contribution in [0.2, 0.25) is 5.02 Å². The first-order valence-corrected chi connectivity index (χ1v) is 10.9. The molecule has 2 aliphatic heterocycles. The minimum atomic E-state index is -0.425. The number of nitrogens with one attached hydrogen (secondary N) is 1. The van der Waals surface area contributed by atoms with E-state index in [0.29, 0.717) is 46.3 Å². The number of hydrogen-bond acceptors (Lipinski definition) is 5. The maximum Gasteiger partial charge on any atom is 0.282 e. The lowest BCUT2D eigenvalue weighted by atomic mass is 9.97. The summed E-state index contributed by atoms with van der Waals surface area (Å²) in [6.07, 6.45) is 1.70. The number of anilines is 2. The molecule has 2 aliphatic rings. The second kappa shape index (κ2) is 9.14. The van der Waals surface area contributed by atoms with Crippen molar-refractivity contribution in [3.63, 3.8) is 0 Å². The van der Waals surface area contributed by atoms with Crippen molar-refractivity contribution < 1.29 is 19.5 Å². The fraction of sp³-hybridized carbons (Fsp3) is 0.292. The molecule has 0 spiro atoms. The summed E-state index contributed by atoms with van der Waals surface area (Å²) in [4.78, 5) is 41.5. The highest BCUT2D eigenvalue weighted by Gasteiger charge is 2.43. The average molecular weight is 454 g/mol. The summed E-state index contributed by atoms with van der Waals surface area (Å²) < 4.78 is 0. The molecule has 7 nitrogen and oxygen atoms in total. The van der Waals surface area contributed by atoms with Crippen molar-refractivity contribution >= 4 is 46.3 Å². The van der Waals surface area contributed by atoms with Crippen LogP contribution in [0.3, 0.4) is 0 Å². The number of halogens is 1. The summed E-state index contributed by atoms with van der Waals surface area (Å²) in [5.41, 5.74) is 2.24. The van der Waals surface area contributed by atoms with Gasteiger partial charge in [-0.15, -0.1) is 0 Å². The average Bonchev–Trinajstić information content (AvgIpc) is 3.04. The van der Waals surface area contributed by atoms with Gasteiger partial charge in [0.2, 0.25) is 5.91 Å². The van der Waals surface area contributed by atoms with Gasteiger partial charge in [-0.25, -0.2) is 4.90 Å². The van der Waals surface area contributed by atoms with E-state index in [1.54, 1.807) is 48.5 Å². The molecule has 2 aromatic rings. The van der Waals surface area contributed by atoms with Crippen LogP contribution in [0, 0.1) is 5.92 Å². The maximum atomic E-state index is 13.6. The molecule has 1 fully saturated rings. The van der Waals surface area contributed by atoms with Gasteiger partial charge in [0.15, 0.2) is 0 Å². The van der Waals surface area contributed by atoms with Crippen LogP contribution in [0.5, 0.6) is 0 Å². The number of imide groups is 1. The first-order chi connectivity index (χ1) is 15.4. The van der Waals surface area contributed by atoms with E-state index in [0.717, 1.165) is 17.7 Å². The molecular weight excluding hydrogens is 430 g/mol. The third-order valence-corrected chi connectivity index (χ3v) is 5.95. The molecule has 166 valence electrons. The molecule has 0 radical (unpaired) electrons. The Hall–Kier alpha value is -3.16. The van der Waals surface area contributed by atoms with E-state index in [2.05, 4.69) is 5.32 Å². The fourth-order valence-electron chi connectivity index (χ4n) is 4.26. The van der Waals surface area contributed by atoms with Gasteiger partial charge in [0.05, 0.1) is 11.3 Å². The number of piperidine rings is 1. The first kappa shape index (κ1) is 22.0. The summed E-state index contributed by atoms with van der Waals surface area (Å²) in [5, 5.41) is 12.8. The highest BCUT2D eigenvalue weighted by atomic mass is 35.5. The van der Waals surface area contributed by atoms with E-state index in [4.69, 9.17) is 11.6 Å². The Labute approximate surface area is 191 Å². The number of nitrogens with zero attached hydrogens (tertiary/aromatic N) is 2. The lowest BCUT2D eigenvalue weighted by Crippen LogP contribution is -2.40. The number of aliphatic hydroxyl groups excluding tert-OH is 1. The van der Waals surface area contributed by atoms with Gasteiger partial charge >= 0.3 is 0 Å². The van der Waals surface area contributed by atoms with Gasteiger partial charge < -0.3 is 15.3 Å². The molecule has 32 heavy (non-hydrogen) atoms. The zero-order valence-electron chi connectivity index (χ0n) is 17.7. The topological polar surface area (TPSA) is 90.0 Å². The van der Waals surface area contributed by atoms with Gasteiger partial charge in [-0.2, -0.15) is 0 Å². The van der Waals surface area contributed by atoms with Gasteiger partial charge in [-0.1, -0.05) is 29.8 Å². The number of rotatable bonds is 5. The van der Waals surface area contributed by atoms with Crippen molar-refractivity contribution in [3.8, 4) is 0 Å². The van der Waals surface area contributed by atoms with Crippen LogP contribution in [0.4, 0.5) is 11.4 Å². The maximum absolute atomic E-state index is 13.6. The number of hydrogen-bond donors (Lipinski definition) is 2.